The maximum atomic E-state index is 12.5. The molecule has 0 radical (unpaired) electrons. The number of morpholine rings is 1. The molecule has 1 fully saturated rings. The van der Waals surface area contributed by atoms with Gasteiger partial charge in [-0.3, -0.25) is 10.1 Å². The minimum atomic E-state index is -0.423. The number of hydrogen-bond acceptors (Lipinski definition) is 5. The summed E-state index contributed by atoms with van der Waals surface area (Å²) < 4.78 is 10.6. The zero-order valence-corrected chi connectivity index (χ0v) is 17.5. The molecule has 148 valence electrons. The minimum absolute atomic E-state index is 0.141. The molecule has 1 heterocycles. The average molecular weight is 440 g/mol. The van der Waals surface area contributed by atoms with Crippen LogP contribution < -0.4 is 20.3 Å². The number of thiocarbonyl (C=S) groups is 1. The Morgan fingerprint density at radius 2 is 1.93 bits per heavy atom. The molecule has 2 N–H and O–H groups in total. The summed E-state index contributed by atoms with van der Waals surface area (Å²) in [5.41, 5.74) is 1.90. The van der Waals surface area contributed by atoms with E-state index in [-0.39, 0.29) is 5.11 Å². The van der Waals surface area contributed by atoms with Gasteiger partial charge in [-0.1, -0.05) is 23.2 Å². The molecule has 28 heavy (non-hydrogen) atoms. The lowest BCUT2D eigenvalue weighted by Gasteiger charge is -2.29. The summed E-state index contributed by atoms with van der Waals surface area (Å²) in [5.74, 6) is -0.0181. The predicted octanol–water partition coefficient (Wildman–Crippen LogP) is 3.97. The Morgan fingerprint density at radius 1 is 1.18 bits per heavy atom. The fourth-order valence-corrected chi connectivity index (χ4v) is 3.52. The number of rotatable bonds is 4. The standard InChI is InChI=1S/C19H19Cl2N3O3S/c1-26-17-5-2-12(20)10-14(17)18(25)23-19(28)22-13-3-4-16(15(21)11-13)24-6-8-27-9-7-24/h2-5,10-11H,6-9H2,1H3,(H2,22,23,25,28). The summed E-state index contributed by atoms with van der Waals surface area (Å²) >= 11 is 17.6. The Kier molecular flexibility index (Phi) is 6.96. The van der Waals surface area contributed by atoms with Crippen LogP contribution in [0.4, 0.5) is 11.4 Å². The van der Waals surface area contributed by atoms with Crippen molar-refractivity contribution in [1.29, 1.82) is 0 Å². The topological polar surface area (TPSA) is 62.8 Å². The smallest absolute Gasteiger partial charge is 0.261 e. The van der Waals surface area contributed by atoms with Crippen molar-refractivity contribution in [2.75, 3.05) is 43.6 Å². The van der Waals surface area contributed by atoms with Crippen LogP contribution in [0.3, 0.4) is 0 Å². The van der Waals surface area contributed by atoms with Crippen molar-refractivity contribution in [3.8, 4) is 5.75 Å². The zero-order valence-electron chi connectivity index (χ0n) is 15.1. The van der Waals surface area contributed by atoms with Gasteiger partial charge in [0.15, 0.2) is 5.11 Å². The lowest BCUT2D eigenvalue weighted by molar-refractivity contribution is 0.0974. The van der Waals surface area contributed by atoms with E-state index in [9.17, 15) is 4.79 Å². The van der Waals surface area contributed by atoms with E-state index in [2.05, 4.69) is 15.5 Å². The van der Waals surface area contributed by atoms with Crippen LogP contribution in [0.5, 0.6) is 5.75 Å². The monoisotopic (exact) mass is 439 g/mol. The van der Waals surface area contributed by atoms with E-state index in [1.165, 1.54) is 13.2 Å². The molecule has 0 aromatic heterocycles. The largest absolute Gasteiger partial charge is 0.496 e. The number of nitrogens with one attached hydrogen (secondary N) is 2. The first-order valence-electron chi connectivity index (χ1n) is 8.56. The highest BCUT2D eigenvalue weighted by Gasteiger charge is 2.16. The van der Waals surface area contributed by atoms with Gasteiger partial charge >= 0.3 is 0 Å². The van der Waals surface area contributed by atoms with Crippen LogP contribution in [-0.2, 0) is 4.74 Å². The molecule has 1 amide bonds. The Hall–Kier alpha value is -2.06. The molecule has 1 aliphatic rings. The van der Waals surface area contributed by atoms with Gasteiger partial charge in [0, 0.05) is 23.8 Å². The van der Waals surface area contributed by atoms with Gasteiger partial charge in [-0.25, -0.2) is 0 Å². The van der Waals surface area contributed by atoms with E-state index >= 15 is 0 Å². The van der Waals surface area contributed by atoms with Crippen LogP contribution in [0.15, 0.2) is 36.4 Å². The fraction of sp³-hybridized carbons (Fsp3) is 0.263. The molecule has 0 aliphatic carbocycles. The van der Waals surface area contributed by atoms with Gasteiger partial charge in [0.1, 0.15) is 5.75 Å². The van der Waals surface area contributed by atoms with Crippen LogP contribution in [0.1, 0.15) is 10.4 Å². The van der Waals surface area contributed by atoms with Crippen LogP contribution in [0, 0.1) is 0 Å². The predicted molar refractivity (Wildman–Crippen MR) is 116 cm³/mol. The van der Waals surface area contributed by atoms with Crippen LogP contribution in [0.25, 0.3) is 0 Å². The number of amides is 1. The second-order valence-corrected chi connectivity index (χ2v) is 7.27. The van der Waals surface area contributed by atoms with Crippen LogP contribution in [0.2, 0.25) is 10.0 Å². The molecule has 1 aliphatic heterocycles. The first-order chi connectivity index (χ1) is 13.5. The van der Waals surface area contributed by atoms with E-state index in [4.69, 9.17) is 44.9 Å². The number of methoxy groups -OCH3 is 1. The third-order valence-electron chi connectivity index (χ3n) is 4.19. The van der Waals surface area contributed by atoms with Crippen molar-refractivity contribution >= 4 is 57.8 Å². The fourth-order valence-electron chi connectivity index (χ4n) is 2.84. The Labute approximate surface area is 178 Å². The lowest BCUT2D eigenvalue weighted by Crippen LogP contribution is -2.36. The normalized spacial score (nSPS) is 13.8. The van der Waals surface area contributed by atoms with Gasteiger partial charge in [0.2, 0.25) is 0 Å². The summed E-state index contributed by atoms with van der Waals surface area (Å²) in [5, 5.41) is 6.74. The van der Waals surface area contributed by atoms with Crippen molar-refractivity contribution in [1.82, 2.24) is 5.32 Å². The van der Waals surface area contributed by atoms with Crippen molar-refractivity contribution in [2.45, 2.75) is 0 Å². The molecule has 0 saturated carbocycles. The van der Waals surface area contributed by atoms with E-state index in [0.717, 1.165) is 18.8 Å². The number of carbonyl (C=O) groups is 1. The maximum absolute atomic E-state index is 12.5. The Balaban J connectivity index is 1.65. The highest BCUT2D eigenvalue weighted by atomic mass is 35.5. The summed E-state index contributed by atoms with van der Waals surface area (Å²) in [6.07, 6.45) is 0. The number of anilines is 2. The van der Waals surface area contributed by atoms with Crippen LogP contribution >= 0.6 is 35.4 Å². The highest BCUT2D eigenvalue weighted by Crippen LogP contribution is 2.29. The molecule has 1 saturated heterocycles. The van der Waals surface area contributed by atoms with E-state index in [0.29, 0.717) is 40.3 Å². The number of ether oxygens (including phenoxy) is 2. The molecule has 0 spiro atoms. The molecule has 0 unspecified atom stereocenters. The van der Waals surface area contributed by atoms with Gasteiger partial charge in [-0.05, 0) is 48.6 Å². The van der Waals surface area contributed by atoms with E-state index in [1.807, 2.05) is 12.1 Å². The van der Waals surface area contributed by atoms with Gasteiger partial charge in [-0.2, -0.15) is 0 Å². The second kappa shape index (κ2) is 9.43. The first kappa shape index (κ1) is 20.7. The highest BCUT2D eigenvalue weighted by molar-refractivity contribution is 7.80. The third-order valence-corrected chi connectivity index (χ3v) is 4.93. The van der Waals surface area contributed by atoms with Crippen molar-refractivity contribution in [3.05, 3.63) is 52.0 Å². The summed E-state index contributed by atoms with van der Waals surface area (Å²) in [6.45, 7) is 2.95. The molecular formula is C19H19Cl2N3O3S. The number of carbonyl (C=O) groups excluding carboxylic acids is 1. The second-order valence-electron chi connectivity index (χ2n) is 6.02. The third kappa shape index (κ3) is 5.05. The van der Waals surface area contributed by atoms with Gasteiger partial charge < -0.3 is 19.7 Å². The summed E-state index contributed by atoms with van der Waals surface area (Å²) in [4.78, 5) is 14.7. The first-order valence-corrected chi connectivity index (χ1v) is 9.72. The molecule has 2 aromatic rings. The molecule has 2 aromatic carbocycles. The molecule has 6 nitrogen and oxygen atoms in total. The van der Waals surface area contributed by atoms with E-state index < -0.39 is 5.91 Å². The van der Waals surface area contributed by atoms with Gasteiger partial charge in [0.25, 0.3) is 5.91 Å². The van der Waals surface area contributed by atoms with Crippen molar-refractivity contribution in [3.63, 3.8) is 0 Å². The SMILES string of the molecule is COc1ccc(Cl)cc1C(=O)NC(=S)Nc1ccc(N2CCOCC2)c(Cl)c1. The molecule has 3 rings (SSSR count). The molecule has 0 atom stereocenters. The minimum Gasteiger partial charge on any atom is -0.496 e. The molecule has 9 heteroatoms. The van der Waals surface area contributed by atoms with E-state index in [1.54, 1.807) is 18.2 Å². The lowest BCUT2D eigenvalue weighted by atomic mass is 10.2. The Morgan fingerprint density at radius 3 is 2.61 bits per heavy atom. The zero-order chi connectivity index (χ0) is 20.1. The summed E-state index contributed by atoms with van der Waals surface area (Å²) in [6, 6.07) is 10.3. The number of benzene rings is 2. The summed E-state index contributed by atoms with van der Waals surface area (Å²) in [7, 11) is 1.48. The number of halogens is 2. The maximum Gasteiger partial charge on any atom is 0.261 e. The molecule has 0 bridgehead atoms. The van der Waals surface area contributed by atoms with Crippen molar-refractivity contribution < 1.29 is 14.3 Å². The van der Waals surface area contributed by atoms with Gasteiger partial charge in [0.05, 0.1) is 36.6 Å². The van der Waals surface area contributed by atoms with Crippen LogP contribution in [-0.4, -0.2) is 44.4 Å². The number of hydrogen-bond donors (Lipinski definition) is 2. The van der Waals surface area contributed by atoms with Gasteiger partial charge in [-0.15, -0.1) is 0 Å². The average Bonchev–Trinajstić information content (AvgIpc) is 2.68. The van der Waals surface area contributed by atoms with Crippen molar-refractivity contribution in [2.24, 2.45) is 0 Å². The number of nitrogens with zero attached hydrogens (tertiary/aromatic N) is 1. The quantitative estimate of drug-likeness (QED) is 0.702. The Bertz CT molecular complexity index is 889. The molecular weight excluding hydrogens is 421 g/mol.